The molecule has 1 aliphatic carbocycles. The van der Waals surface area contributed by atoms with Gasteiger partial charge in [0.25, 0.3) is 0 Å². The van der Waals surface area contributed by atoms with Crippen LogP contribution in [0.15, 0.2) is 49.1 Å². The first-order chi connectivity index (χ1) is 14.2. The van der Waals surface area contributed by atoms with E-state index in [0.29, 0.717) is 5.92 Å². The predicted molar refractivity (Wildman–Crippen MR) is 113 cm³/mol. The minimum Gasteiger partial charge on any atom is -0.336 e. The van der Waals surface area contributed by atoms with Gasteiger partial charge in [-0.25, -0.2) is 4.98 Å². The number of H-pyrrole nitrogens is 1. The Hall–Kier alpha value is -2.99. The molecule has 29 heavy (non-hydrogen) atoms. The number of aryl methyl sites for hydroxylation is 2. The Kier molecular flexibility index (Phi) is 4.64. The molecule has 7 heteroatoms. The van der Waals surface area contributed by atoms with Crippen LogP contribution in [0.3, 0.4) is 0 Å². The van der Waals surface area contributed by atoms with Gasteiger partial charge in [-0.2, -0.15) is 15.4 Å². The highest BCUT2D eigenvalue weighted by atomic mass is 35.5. The topological polar surface area (TPSA) is 72.3 Å². The number of pyridine rings is 1. The first-order valence-electron chi connectivity index (χ1n) is 9.81. The molecular formula is C22H21ClN6. The zero-order valence-corrected chi connectivity index (χ0v) is 16.9. The van der Waals surface area contributed by atoms with Crippen LogP contribution in [0.5, 0.6) is 0 Å². The van der Waals surface area contributed by atoms with Gasteiger partial charge in [0, 0.05) is 35.4 Å². The standard InChI is InChI=1S/C22H21ClN6/c1-14-22(27-28-26-14)16-7-8-24-20(10-16)21-12-29(13-25-21)11-17-4-2-3-15-9-18(23)5-6-19(15)17/h5-10,12-13,17H,2-4,11H2,1H3,(H,26,27,28)/t17-/m1/s1. The molecule has 0 unspecified atom stereocenters. The van der Waals surface area contributed by atoms with Gasteiger partial charge in [0.1, 0.15) is 11.4 Å². The monoisotopic (exact) mass is 404 g/mol. The van der Waals surface area contributed by atoms with Gasteiger partial charge in [0.2, 0.25) is 0 Å². The molecule has 1 atom stereocenters. The summed E-state index contributed by atoms with van der Waals surface area (Å²) < 4.78 is 2.17. The molecule has 6 nitrogen and oxygen atoms in total. The van der Waals surface area contributed by atoms with E-state index in [4.69, 9.17) is 11.6 Å². The molecule has 5 rings (SSSR count). The van der Waals surface area contributed by atoms with Crippen LogP contribution in [0.4, 0.5) is 0 Å². The van der Waals surface area contributed by atoms with E-state index in [1.54, 1.807) is 6.20 Å². The van der Waals surface area contributed by atoms with Gasteiger partial charge in [-0.15, -0.1) is 0 Å². The lowest BCUT2D eigenvalue weighted by Crippen LogP contribution is -2.14. The quantitative estimate of drug-likeness (QED) is 0.529. The average molecular weight is 405 g/mol. The van der Waals surface area contributed by atoms with Crippen LogP contribution >= 0.6 is 11.6 Å². The highest BCUT2D eigenvalue weighted by molar-refractivity contribution is 6.30. The van der Waals surface area contributed by atoms with Crippen LogP contribution in [0.2, 0.25) is 5.02 Å². The van der Waals surface area contributed by atoms with Crippen molar-refractivity contribution in [1.29, 1.82) is 0 Å². The third kappa shape index (κ3) is 3.56. The third-order valence-electron chi connectivity index (χ3n) is 5.63. The van der Waals surface area contributed by atoms with Crippen molar-refractivity contribution in [2.75, 3.05) is 0 Å². The Morgan fingerprint density at radius 1 is 1.14 bits per heavy atom. The zero-order valence-electron chi connectivity index (χ0n) is 16.1. The van der Waals surface area contributed by atoms with Gasteiger partial charge >= 0.3 is 0 Å². The number of hydrogen-bond donors (Lipinski definition) is 1. The third-order valence-corrected chi connectivity index (χ3v) is 5.86. The molecular weight excluding hydrogens is 384 g/mol. The minimum atomic E-state index is 0.482. The fourth-order valence-electron chi connectivity index (χ4n) is 4.20. The average Bonchev–Trinajstić information content (AvgIpc) is 3.37. The summed E-state index contributed by atoms with van der Waals surface area (Å²) in [7, 11) is 0. The molecule has 0 bridgehead atoms. The maximum Gasteiger partial charge on any atom is 0.115 e. The number of nitrogens with one attached hydrogen (secondary N) is 1. The zero-order chi connectivity index (χ0) is 19.8. The normalized spacial score (nSPS) is 16.0. The lowest BCUT2D eigenvalue weighted by Gasteiger charge is -2.26. The number of rotatable bonds is 4. The SMILES string of the molecule is Cc1n[nH]nc1-c1ccnc(-c2cn(C[C@H]3CCCc4cc(Cl)ccc43)cn2)c1. The van der Waals surface area contributed by atoms with E-state index in [1.165, 1.54) is 24.0 Å². The van der Waals surface area contributed by atoms with Crippen molar-refractivity contribution in [3.63, 3.8) is 0 Å². The fraction of sp³-hybridized carbons (Fsp3) is 0.273. The van der Waals surface area contributed by atoms with Crippen LogP contribution in [-0.4, -0.2) is 29.9 Å². The van der Waals surface area contributed by atoms with Crippen molar-refractivity contribution in [3.8, 4) is 22.6 Å². The van der Waals surface area contributed by atoms with Crippen LogP contribution in [0.1, 0.15) is 35.6 Å². The number of aromatic amines is 1. The van der Waals surface area contributed by atoms with Crippen LogP contribution in [0, 0.1) is 6.92 Å². The first kappa shape index (κ1) is 18.1. The van der Waals surface area contributed by atoms with Gasteiger partial charge in [-0.1, -0.05) is 17.7 Å². The van der Waals surface area contributed by atoms with Gasteiger partial charge in [0.15, 0.2) is 0 Å². The highest BCUT2D eigenvalue weighted by Crippen LogP contribution is 2.34. The summed E-state index contributed by atoms with van der Waals surface area (Å²) in [6, 6.07) is 10.2. The van der Waals surface area contributed by atoms with E-state index >= 15 is 0 Å². The van der Waals surface area contributed by atoms with Crippen LogP contribution in [-0.2, 0) is 13.0 Å². The molecule has 3 heterocycles. The Morgan fingerprint density at radius 3 is 2.93 bits per heavy atom. The van der Waals surface area contributed by atoms with Crippen molar-refractivity contribution in [2.24, 2.45) is 0 Å². The molecule has 0 saturated carbocycles. The Balaban J connectivity index is 1.39. The summed E-state index contributed by atoms with van der Waals surface area (Å²) in [5.41, 5.74) is 7.17. The second kappa shape index (κ2) is 7.44. The number of aromatic nitrogens is 6. The van der Waals surface area contributed by atoms with E-state index in [2.05, 4.69) is 48.3 Å². The van der Waals surface area contributed by atoms with Gasteiger partial charge < -0.3 is 4.57 Å². The van der Waals surface area contributed by atoms with E-state index in [9.17, 15) is 0 Å². The van der Waals surface area contributed by atoms with Crippen LogP contribution < -0.4 is 0 Å². The van der Waals surface area contributed by atoms with Crippen molar-refractivity contribution in [3.05, 3.63) is 70.9 Å². The lowest BCUT2D eigenvalue weighted by molar-refractivity contribution is 0.483. The maximum absolute atomic E-state index is 6.18. The Morgan fingerprint density at radius 2 is 2.07 bits per heavy atom. The summed E-state index contributed by atoms with van der Waals surface area (Å²) in [5.74, 6) is 0.482. The van der Waals surface area contributed by atoms with E-state index in [0.717, 1.165) is 46.3 Å². The smallest absolute Gasteiger partial charge is 0.115 e. The largest absolute Gasteiger partial charge is 0.336 e. The molecule has 1 aromatic carbocycles. The molecule has 0 radical (unpaired) electrons. The molecule has 0 amide bonds. The van der Waals surface area contributed by atoms with Gasteiger partial charge in [-0.05, 0) is 61.6 Å². The summed E-state index contributed by atoms with van der Waals surface area (Å²) in [6.07, 6.45) is 9.25. The van der Waals surface area contributed by atoms with E-state index < -0.39 is 0 Å². The van der Waals surface area contributed by atoms with Crippen molar-refractivity contribution in [1.82, 2.24) is 29.9 Å². The second-order valence-corrected chi connectivity index (χ2v) is 8.01. The molecule has 0 aliphatic heterocycles. The van der Waals surface area contributed by atoms with Gasteiger partial charge in [-0.3, -0.25) is 4.98 Å². The molecule has 3 aromatic heterocycles. The number of hydrogen-bond acceptors (Lipinski definition) is 4. The number of imidazole rings is 1. The molecule has 1 N–H and O–H groups in total. The van der Waals surface area contributed by atoms with Crippen molar-refractivity contribution >= 4 is 11.6 Å². The van der Waals surface area contributed by atoms with Gasteiger partial charge in [0.05, 0.1) is 17.7 Å². The molecule has 0 saturated heterocycles. The lowest BCUT2D eigenvalue weighted by atomic mass is 9.83. The minimum absolute atomic E-state index is 0.482. The number of nitrogens with zero attached hydrogens (tertiary/aromatic N) is 5. The van der Waals surface area contributed by atoms with Crippen molar-refractivity contribution < 1.29 is 0 Å². The first-order valence-corrected chi connectivity index (χ1v) is 10.2. The molecule has 1 aliphatic rings. The fourth-order valence-corrected chi connectivity index (χ4v) is 4.39. The Labute approximate surface area is 174 Å². The predicted octanol–water partition coefficient (Wildman–Crippen LogP) is 4.81. The number of fused-ring (bicyclic) bond motifs is 1. The van der Waals surface area contributed by atoms with Crippen LogP contribution in [0.25, 0.3) is 22.6 Å². The van der Waals surface area contributed by atoms with E-state index in [1.807, 2.05) is 31.5 Å². The van der Waals surface area contributed by atoms with E-state index in [-0.39, 0.29) is 0 Å². The molecule has 146 valence electrons. The maximum atomic E-state index is 6.18. The molecule has 0 fully saturated rings. The summed E-state index contributed by atoms with van der Waals surface area (Å²) in [4.78, 5) is 9.11. The number of halogens is 1. The molecule has 0 spiro atoms. The number of benzene rings is 1. The summed E-state index contributed by atoms with van der Waals surface area (Å²) >= 11 is 6.18. The van der Waals surface area contributed by atoms with Crippen molar-refractivity contribution in [2.45, 2.75) is 38.6 Å². The summed E-state index contributed by atoms with van der Waals surface area (Å²) in [5, 5.41) is 11.8. The summed E-state index contributed by atoms with van der Waals surface area (Å²) in [6.45, 7) is 2.84. The molecule has 4 aromatic rings. The highest BCUT2D eigenvalue weighted by Gasteiger charge is 2.21. The Bertz CT molecular complexity index is 1160. The second-order valence-electron chi connectivity index (χ2n) is 7.58.